The summed E-state index contributed by atoms with van der Waals surface area (Å²) in [5.41, 5.74) is 0. The van der Waals surface area contributed by atoms with Gasteiger partial charge in [-0.1, -0.05) is 0 Å². The summed E-state index contributed by atoms with van der Waals surface area (Å²) in [4.78, 5) is 0.0724. The summed E-state index contributed by atoms with van der Waals surface area (Å²) in [6.07, 6.45) is 0. The fraction of sp³-hybridized carbons (Fsp3) is 0.200. The summed E-state index contributed by atoms with van der Waals surface area (Å²) >= 11 is 0. The lowest BCUT2D eigenvalue weighted by atomic mass is 10.3. The van der Waals surface area contributed by atoms with Gasteiger partial charge in [0.2, 0.25) is 6.79 Å². The van der Waals surface area contributed by atoms with Crippen LogP contribution in [-0.2, 0) is 9.84 Å². The van der Waals surface area contributed by atoms with Gasteiger partial charge < -0.3 is 14.2 Å². The Morgan fingerprint density at radius 3 is 2.55 bits per heavy atom. The van der Waals surface area contributed by atoms with Crippen molar-refractivity contribution in [2.45, 2.75) is 4.90 Å². The second-order valence-corrected chi connectivity index (χ2v) is 6.75. The molecule has 1 aliphatic heterocycles. The Kier molecular flexibility index (Phi) is 3.89. The molecular formula is C15H13FO5S. The van der Waals surface area contributed by atoms with Crippen LogP contribution in [0.15, 0.2) is 47.4 Å². The number of fused-ring (bicyclic) bond motifs is 1. The summed E-state index contributed by atoms with van der Waals surface area (Å²) in [6.45, 7) is 0.150. The number of hydrogen-bond donors (Lipinski definition) is 0. The summed E-state index contributed by atoms with van der Waals surface area (Å²) in [7, 11) is -3.51. The van der Waals surface area contributed by atoms with Crippen molar-refractivity contribution in [3.05, 3.63) is 48.3 Å². The molecule has 22 heavy (non-hydrogen) atoms. The van der Waals surface area contributed by atoms with Gasteiger partial charge in [-0.15, -0.1) is 0 Å². The van der Waals surface area contributed by atoms with Crippen LogP contribution in [0, 0.1) is 5.82 Å². The number of ether oxygens (including phenoxy) is 3. The first-order chi connectivity index (χ1) is 10.5. The minimum absolute atomic E-state index is 0.0145. The van der Waals surface area contributed by atoms with E-state index >= 15 is 0 Å². The molecule has 0 saturated carbocycles. The Morgan fingerprint density at radius 1 is 1.05 bits per heavy atom. The molecule has 0 aromatic heterocycles. The van der Waals surface area contributed by atoms with Gasteiger partial charge in [0.05, 0.1) is 10.6 Å². The van der Waals surface area contributed by atoms with Crippen molar-refractivity contribution in [1.82, 2.24) is 0 Å². The fourth-order valence-electron chi connectivity index (χ4n) is 2.00. The van der Waals surface area contributed by atoms with Gasteiger partial charge in [-0.05, 0) is 36.4 Å². The van der Waals surface area contributed by atoms with E-state index in [4.69, 9.17) is 14.2 Å². The number of rotatable bonds is 5. The van der Waals surface area contributed by atoms with Crippen molar-refractivity contribution in [3.8, 4) is 17.2 Å². The molecule has 5 nitrogen and oxygen atoms in total. The minimum Gasteiger partial charge on any atom is -0.492 e. The molecule has 0 amide bonds. The summed E-state index contributed by atoms with van der Waals surface area (Å²) in [5.74, 6) is 1.02. The average Bonchev–Trinajstić information content (AvgIpc) is 2.95. The van der Waals surface area contributed by atoms with E-state index in [1.807, 2.05) is 0 Å². The van der Waals surface area contributed by atoms with Crippen LogP contribution >= 0.6 is 0 Å². The van der Waals surface area contributed by atoms with Gasteiger partial charge in [0.1, 0.15) is 18.2 Å². The van der Waals surface area contributed by atoms with Crippen molar-refractivity contribution in [3.63, 3.8) is 0 Å². The van der Waals surface area contributed by atoms with Crippen molar-refractivity contribution >= 4 is 9.84 Å². The van der Waals surface area contributed by atoms with Gasteiger partial charge in [-0.25, -0.2) is 12.8 Å². The first kappa shape index (κ1) is 14.6. The molecule has 0 N–H and O–H groups in total. The Morgan fingerprint density at radius 2 is 1.77 bits per heavy atom. The van der Waals surface area contributed by atoms with Crippen LogP contribution in [-0.4, -0.2) is 27.6 Å². The molecule has 2 aromatic rings. The zero-order valence-electron chi connectivity index (χ0n) is 11.5. The Balaban J connectivity index is 1.61. The molecule has 0 bridgehead atoms. The number of hydrogen-bond acceptors (Lipinski definition) is 5. The van der Waals surface area contributed by atoms with Crippen molar-refractivity contribution in [1.29, 1.82) is 0 Å². The molecule has 0 fully saturated rings. The lowest BCUT2D eigenvalue weighted by Gasteiger charge is -2.08. The number of halogens is 1. The van der Waals surface area contributed by atoms with Crippen molar-refractivity contribution in [2.75, 3.05) is 19.2 Å². The summed E-state index contributed by atoms with van der Waals surface area (Å²) in [5, 5.41) is 0. The first-order valence-electron chi connectivity index (χ1n) is 6.55. The molecule has 2 aromatic carbocycles. The van der Waals surface area contributed by atoms with Gasteiger partial charge in [-0.3, -0.25) is 0 Å². The lowest BCUT2D eigenvalue weighted by molar-refractivity contribution is 0.174. The van der Waals surface area contributed by atoms with Crippen molar-refractivity contribution < 1.29 is 27.0 Å². The topological polar surface area (TPSA) is 61.8 Å². The molecule has 0 aliphatic carbocycles. The van der Waals surface area contributed by atoms with E-state index in [9.17, 15) is 12.8 Å². The fourth-order valence-corrected chi connectivity index (χ4v) is 3.08. The second kappa shape index (κ2) is 5.84. The predicted octanol–water partition coefficient (Wildman–Crippen LogP) is 2.41. The highest BCUT2D eigenvalue weighted by Gasteiger charge is 2.16. The van der Waals surface area contributed by atoms with Gasteiger partial charge in [-0.2, -0.15) is 0 Å². The van der Waals surface area contributed by atoms with Crippen LogP contribution in [0.2, 0.25) is 0 Å². The molecule has 116 valence electrons. The van der Waals surface area contributed by atoms with Crippen LogP contribution in [0.5, 0.6) is 17.2 Å². The van der Waals surface area contributed by atoms with E-state index < -0.39 is 15.7 Å². The molecular weight excluding hydrogens is 311 g/mol. The third-order valence-corrected chi connectivity index (χ3v) is 4.83. The monoisotopic (exact) mass is 324 g/mol. The van der Waals surface area contributed by atoms with E-state index in [2.05, 4.69) is 0 Å². The van der Waals surface area contributed by atoms with Crippen LogP contribution < -0.4 is 14.2 Å². The molecule has 1 heterocycles. The molecule has 0 radical (unpaired) electrons. The van der Waals surface area contributed by atoms with Crippen LogP contribution in [0.4, 0.5) is 4.39 Å². The highest BCUT2D eigenvalue weighted by Crippen LogP contribution is 2.35. The van der Waals surface area contributed by atoms with E-state index in [0.717, 1.165) is 12.1 Å². The van der Waals surface area contributed by atoms with Crippen LogP contribution in [0.25, 0.3) is 0 Å². The molecule has 0 unspecified atom stereocenters. The Labute approximate surface area is 127 Å². The maximum atomic E-state index is 12.8. The van der Waals surface area contributed by atoms with Gasteiger partial charge in [0.25, 0.3) is 0 Å². The SMILES string of the molecule is O=S(=O)(CCOc1ccc2c(c1)OCO2)c1ccc(F)cc1. The molecule has 0 atom stereocenters. The van der Waals surface area contributed by atoms with Gasteiger partial charge in [0, 0.05) is 6.07 Å². The molecule has 1 aliphatic rings. The van der Waals surface area contributed by atoms with Gasteiger partial charge >= 0.3 is 0 Å². The predicted molar refractivity (Wildman–Crippen MR) is 76.5 cm³/mol. The van der Waals surface area contributed by atoms with E-state index in [0.29, 0.717) is 17.2 Å². The standard InChI is InChI=1S/C15H13FO5S/c16-11-1-4-13(5-2-11)22(17,18)8-7-19-12-3-6-14-15(9-12)21-10-20-14/h1-6,9H,7-8,10H2. The third kappa shape index (κ3) is 3.14. The highest BCUT2D eigenvalue weighted by molar-refractivity contribution is 7.91. The van der Waals surface area contributed by atoms with Gasteiger partial charge in [0.15, 0.2) is 21.3 Å². The van der Waals surface area contributed by atoms with E-state index in [-0.39, 0.29) is 24.0 Å². The van der Waals surface area contributed by atoms with Crippen LogP contribution in [0.3, 0.4) is 0 Å². The Bertz CT molecular complexity index is 771. The Hall–Kier alpha value is -2.28. The normalized spacial score (nSPS) is 13.1. The zero-order valence-corrected chi connectivity index (χ0v) is 12.3. The average molecular weight is 324 g/mol. The lowest BCUT2D eigenvalue weighted by Crippen LogP contribution is -2.14. The minimum atomic E-state index is -3.51. The quantitative estimate of drug-likeness (QED) is 0.791. The number of sulfone groups is 1. The number of benzene rings is 2. The van der Waals surface area contributed by atoms with E-state index in [1.165, 1.54) is 12.1 Å². The molecule has 7 heteroatoms. The zero-order chi connectivity index (χ0) is 15.6. The second-order valence-electron chi connectivity index (χ2n) is 4.64. The van der Waals surface area contributed by atoms with E-state index in [1.54, 1.807) is 18.2 Å². The van der Waals surface area contributed by atoms with Crippen molar-refractivity contribution in [2.24, 2.45) is 0 Å². The first-order valence-corrected chi connectivity index (χ1v) is 8.21. The third-order valence-electron chi connectivity index (χ3n) is 3.14. The molecule has 3 rings (SSSR count). The molecule has 0 saturated heterocycles. The van der Waals surface area contributed by atoms with Crippen LogP contribution in [0.1, 0.15) is 0 Å². The summed E-state index contributed by atoms with van der Waals surface area (Å²) in [6, 6.07) is 9.74. The maximum Gasteiger partial charge on any atom is 0.231 e. The maximum absolute atomic E-state index is 12.8. The summed E-state index contributed by atoms with van der Waals surface area (Å²) < 4.78 is 52.8. The molecule has 0 spiro atoms. The smallest absolute Gasteiger partial charge is 0.231 e. The highest BCUT2D eigenvalue weighted by atomic mass is 32.2. The largest absolute Gasteiger partial charge is 0.492 e.